The van der Waals surface area contributed by atoms with Gasteiger partial charge >= 0.3 is 5.97 Å². The van der Waals surface area contributed by atoms with E-state index in [1.54, 1.807) is 31.2 Å². The number of anilines is 1. The largest absolute Gasteiger partial charge is 0.507 e. The molecule has 0 aliphatic heterocycles. The third kappa shape index (κ3) is 4.63. The first-order valence-electron chi connectivity index (χ1n) is 7.43. The van der Waals surface area contributed by atoms with Crippen LogP contribution in [0.2, 0.25) is 0 Å². The number of ether oxygens (including phenoxy) is 3. The maximum absolute atomic E-state index is 11.9. The number of hydrogen-bond donors (Lipinski definition) is 2. The summed E-state index contributed by atoms with van der Waals surface area (Å²) in [5.74, 6) is -0.499. The van der Waals surface area contributed by atoms with Gasteiger partial charge in [0, 0.05) is 11.8 Å². The van der Waals surface area contributed by atoms with Crippen LogP contribution in [0.5, 0.6) is 17.2 Å². The van der Waals surface area contributed by atoms with Gasteiger partial charge in [0.15, 0.2) is 18.1 Å². The Labute approximate surface area is 145 Å². The molecule has 0 heterocycles. The van der Waals surface area contributed by atoms with Crippen LogP contribution < -0.4 is 14.8 Å². The molecule has 2 aromatic carbocycles. The number of hydrogen-bond acceptors (Lipinski definition) is 6. The highest BCUT2D eigenvalue weighted by atomic mass is 16.5. The maximum atomic E-state index is 11.9. The molecular weight excluding hydrogens is 326 g/mol. The number of benzene rings is 2. The minimum absolute atomic E-state index is 0.00418. The van der Waals surface area contributed by atoms with Gasteiger partial charge < -0.3 is 24.6 Å². The SMILES string of the molecule is COc1ccc(NC(=O)COC(=O)c2ccc(C)cc2O)cc1OC. The molecule has 0 fully saturated rings. The number of nitrogens with one attached hydrogen (secondary N) is 1. The molecule has 1 amide bonds. The zero-order valence-corrected chi connectivity index (χ0v) is 14.2. The van der Waals surface area contributed by atoms with Gasteiger partial charge in [-0.1, -0.05) is 6.07 Å². The summed E-state index contributed by atoms with van der Waals surface area (Å²) >= 11 is 0. The van der Waals surface area contributed by atoms with Crippen molar-refractivity contribution in [2.75, 3.05) is 26.1 Å². The lowest BCUT2D eigenvalue weighted by molar-refractivity contribution is -0.119. The number of methoxy groups -OCH3 is 2. The van der Waals surface area contributed by atoms with Crippen LogP contribution in [0.3, 0.4) is 0 Å². The first-order chi connectivity index (χ1) is 11.9. The van der Waals surface area contributed by atoms with Gasteiger partial charge in [-0.2, -0.15) is 0 Å². The summed E-state index contributed by atoms with van der Waals surface area (Å²) in [6.07, 6.45) is 0. The molecule has 0 saturated carbocycles. The number of esters is 1. The van der Waals surface area contributed by atoms with Crippen LogP contribution in [0.4, 0.5) is 5.69 Å². The fraction of sp³-hybridized carbons (Fsp3) is 0.222. The minimum Gasteiger partial charge on any atom is -0.507 e. The van der Waals surface area contributed by atoms with Gasteiger partial charge in [-0.25, -0.2) is 4.79 Å². The van der Waals surface area contributed by atoms with Gasteiger partial charge in [0.2, 0.25) is 0 Å². The molecular formula is C18H19NO6. The maximum Gasteiger partial charge on any atom is 0.342 e. The van der Waals surface area contributed by atoms with Crippen molar-refractivity contribution in [2.24, 2.45) is 0 Å². The van der Waals surface area contributed by atoms with E-state index in [0.717, 1.165) is 5.56 Å². The highest BCUT2D eigenvalue weighted by molar-refractivity contribution is 5.96. The van der Waals surface area contributed by atoms with Gasteiger partial charge in [0.25, 0.3) is 5.91 Å². The molecule has 25 heavy (non-hydrogen) atoms. The molecule has 0 aromatic heterocycles. The molecule has 132 valence electrons. The average molecular weight is 345 g/mol. The molecule has 0 atom stereocenters. The summed E-state index contributed by atoms with van der Waals surface area (Å²) in [4.78, 5) is 23.8. The summed E-state index contributed by atoms with van der Waals surface area (Å²) < 4.78 is 15.2. The van der Waals surface area contributed by atoms with E-state index < -0.39 is 18.5 Å². The topological polar surface area (TPSA) is 94.1 Å². The number of aryl methyl sites for hydroxylation is 1. The van der Waals surface area contributed by atoms with Crippen LogP contribution in [0.15, 0.2) is 36.4 Å². The Morgan fingerprint density at radius 3 is 2.40 bits per heavy atom. The van der Waals surface area contributed by atoms with Crippen LogP contribution in [0, 0.1) is 6.92 Å². The van der Waals surface area contributed by atoms with E-state index in [1.807, 2.05) is 0 Å². The molecule has 7 nitrogen and oxygen atoms in total. The lowest BCUT2D eigenvalue weighted by atomic mass is 10.1. The number of rotatable bonds is 6. The van der Waals surface area contributed by atoms with Crippen LogP contribution in [-0.4, -0.2) is 37.8 Å². The monoisotopic (exact) mass is 345 g/mol. The van der Waals surface area contributed by atoms with Gasteiger partial charge in [-0.05, 0) is 36.8 Å². The van der Waals surface area contributed by atoms with Gasteiger partial charge in [0.05, 0.1) is 14.2 Å². The highest BCUT2D eigenvalue weighted by Crippen LogP contribution is 2.29. The Balaban J connectivity index is 1.95. The number of carbonyl (C=O) groups excluding carboxylic acids is 2. The Morgan fingerprint density at radius 1 is 1.04 bits per heavy atom. The van der Waals surface area contributed by atoms with Crippen molar-refractivity contribution in [2.45, 2.75) is 6.92 Å². The van der Waals surface area contributed by atoms with E-state index in [1.165, 1.54) is 26.4 Å². The predicted octanol–water partition coefficient (Wildman–Crippen LogP) is 2.51. The zero-order chi connectivity index (χ0) is 18.4. The molecule has 0 radical (unpaired) electrons. The van der Waals surface area contributed by atoms with Crippen LogP contribution in [0.1, 0.15) is 15.9 Å². The first-order valence-corrected chi connectivity index (χ1v) is 7.43. The second-order valence-electron chi connectivity index (χ2n) is 5.21. The third-order valence-electron chi connectivity index (χ3n) is 3.37. The van der Waals surface area contributed by atoms with E-state index in [0.29, 0.717) is 17.2 Å². The Bertz CT molecular complexity index is 787. The Morgan fingerprint density at radius 2 is 1.76 bits per heavy atom. The van der Waals surface area contributed by atoms with Crippen molar-refractivity contribution in [3.05, 3.63) is 47.5 Å². The third-order valence-corrected chi connectivity index (χ3v) is 3.37. The summed E-state index contributed by atoms with van der Waals surface area (Å²) in [5.41, 5.74) is 1.28. The second kappa shape index (κ2) is 8.05. The molecule has 0 saturated heterocycles. The van der Waals surface area contributed by atoms with Gasteiger partial charge in [0.1, 0.15) is 11.3 Å². The van der Waals surface area contributed by atoms with Crippen molar-refractivity contribution < 1.29 is 28.9 Å². The van der Waals surface area contributed by atoms with E-state index in [9.17, 15) is 14.7 Å². The smallest absolute Gasteiger partial charge is 0.342 e. The van der Waals surface area contributed by atoms with Crippen molar-refractivity contribution in [3.63, 3.8) is 0 Å². The molecule has 0 spiro atoms. The number of aromatic hydroxyl groups is 1. The van der Waals surface area contributed by atoms with Crippen molar-refractivity contribution in [1.29, 1.82) is 0 Å². The van der Waals surface area contributed by atoms with Crippen LogP contribution >= 0.6 is 0 Å². The molecule has 0 aliphatic rings. The second-order valence-corrected chi connectivity index (χ2v) is 5.21. The fourth-order valence-corrected chi connectivity index (χ4v) is 2.13. The van der Waals surface area contributed by atoms with Crippen LogP contribution in [0.25, 0.3) is 0 Å². The van der Waals surface area contributed by atoms with Crippen molar-refractivity contribution >= 4 is 17.6 Å². The number of amides is 1. The quantitative estimate of drug-likeness (QED) is 0.781. The molecule has 0 bridgehead atoms. The van der Waals surface area contributed by atoms with Gasteiger partial charge in [-0.15, -0.1) is 0 Å². The standard InChI is InChI=1S/C18H19NO6/c1-11-4-6-13(14(20)8-11)18(22)25-10-17(21)19-12-5-7-15(23-2)16(9-12)24-3/h4-9,20H,10H2,1-3H3,(H,19,21). The zero-order valence-electron chi connectivity index (χ0n) is 14.2. The lowest BCUT2D eigenvalue weighted by Gasteiger charge is -2.11. The molecule has 0 aliphatic carbocycles. The average Bonchev–Trinajstić information content (AvgIpc) is 2.59. The van der Waals surface area contributed by atoms with Crippen molar-refractivity contribution in [3.8, 4) is 17.2 Å². The van der Waals surface area contributed by atoms with E-state index in [4.69, 9.17) is 14.2 Å². The molecule has 2 aromatic rings. The summed E-state index contributed by atoms with van der Waals surface area (Å²) in [6.45, 7) is 1.30. The Kier molecular flexibility index (Phi) is 5.84. The van der Waals surface area contributed by atoms with E-state index >= 15 is 0 Å². The summed E-state index contributed by atoms with van der Waals surface area (Å²) in [5, 5.41) is 12.3. The molecule has 2 rings (SSSR count). The predicted molar refractivity (Wildman–Crippen MR) is 91.3 cm³/mol. The van der Waals surface area contributed by atoms with Crippen LogP contribution in [-0.2, 0) is 9.53 Å². The first kappa shape index (κ1) is 18.1. The number of phenols is 1. The lowest BCUT2D eigenvalue weighted by Crippen LogP contribution is -2.21. The van der Waals surface area contributed by atoms with Gasteiger partial charge in [-0.3, -0.25) is 4.79 Å². The van der Waals surface area contributed by atoms with E-state index in [-0.39, 0.29) is 11.3 Å². The van der Waals surface area contributed by atoms with E-state index in [2.05, 4.69) is 5.32 Å². The minimum atomic E-state index is -0.778. The number of phenolic OH excluding ortho intramolecular Hbond substituents is 1. The van der Waals surface area contributed by atoms with Crippen molar-refractivity contribution in [1.82, 2.24) is 0 Å². The fourth-order valence-electron chi connectivity index (χ4n) is 2.13. The molecule has 0 unspecified atom stereocenters. The normalized spacial score (nSPS) is 10.0. The highest BCUT2D eigenvalue weighted by Gasteiger charge is 2.15. The summed E-state index contributed by atoms with van der Waals surface area (Å²) in [6, 6.07) is 9.42. The Hall–Kier alpha value is -3.22. The molecule has 2 N–H and O–H groups in total. The molecule has 7 heteroatoms. The number of carbonyl (C=O) groups is 2. The summed E-state index contributed by atoms with van der Waals surface area (Å²) in [7, 11) is 3.00.